The number of carbonyl (C=O) groups excluding carboxylic acids is 1. The van der Waals surface area contributed by atoms with Gasteiger partial charge in [-0.25, -0.2) is 0 Å². The summed E-state index contributed by atoms with van der Waals surface area (Å²) in [5.41, 5.74) is 0.585. The smallest absolute Gasteiger partial charge is 0.251 e. The molecule has 0 aromatic heterocycles. The van der Waals surface area contributed by atoms with E-state index in [4.69, 9.17) is 9.47 Å². The Morgan fingerprint density at radius 1 is 1.42 bits per heavy atom. The summed E-state index contributed by atoms with van der Waals surface area (Å²) >= 11 is 3.39. The van der Waals surface area contributed by atoms with E-state index < -0.39 is 0 Å². The Bertz CT molecular complexity index is 501. The molecule has 1 fully saturated rings. The molecule has 2 aliphatic rings. The first-order valence-electron chi connectivity index (χ1n) is 6.35. The molecule has 0 spiro atoms. The molecule has 1 atom stereocenters. The molecule has 3 rings (SSSR count). The molecule has 1 aromatic carbocycles. The van der Waals surface area contributed by atoms with Crippen molar-refractivity contribution in [1.29, 1.82) is 0 Å². The number of carbonyl (C=O) groups is 1. The number of amides is 1. The Balaban J connectivity index is 1.74. The predicted molar refractivity (Wildman–Crippen MR) is 73.6 cm³/mol. The van der Waals surface area contributed by atoms with Gasteiger partial charge < -0.3 is 20.1 Å². The van der Waals surface area contributed by atoms with Crippen LogP contribution < -0.4 is 20.1 Å². The van der Waals surface area contributed by atoms with Crippen LogP contribution in [0.5, 0.6) is 11.5 Å². The van der Waals surface area contributed by atoms with Crippen LogP contribution in [-0.2, 0) is 0 Å². The highest BCUT2D eigenvalue weighted by molar-refractivity contribution is 9.10. The van der Waals surface area contributed by atoms with Crippen LogP contribution in [0, 0.1) is 0 Å². The minimum Gasteiger partial charge on any atom is -0.454 e. The average molecular weight is 327 g/mol. The average Bonchev–Trinajstić information content (AvgIpc) is 2.88. The topological polar surface area (TPSA) is 59.6 Å². The lowest BCUT2D eigenvalue weighted by molar-refractivity contribution is 0.0930. The summed E-state index contributed by atoms with van der Waals surface area (Å²) in [6.45, 7) is 2.06. The summed E-state index contributed by atoms with van der Waals surface area (Å²) in [5.74, 6) is 1.20. The SMILES string of the molecule is O=C(N[C@H]1CCCNC1)c1cc(Br)c2c(c1)OCO2. The van der Waals surface area contributed by atoms with Gasteiger partial charge in [0, 0.05) is 18.2 Å². The van der Waals surface area contributed by atoms with Gasteiger partial charge in [0.2, 0.25) is 6.79 Å². The number of nitrogens with one attached hydrogen (secondary N) is 2. The molecule has 2 heterocycles. The van der Waals surface area contributed by atoms with E-state index in [1.165, 1.54) is 0 Å². The van der Waals surface area contributed by atoms with Crippen molar-refractivity contribution in [3.8, 4) is 11.5 Å². The molecule has 0 radical (unpaired) electrons. The van der Waals surface area contributed by atoms with Crippen LogP contribution in [0.15, 0.2) is 16.6 Å². The van der Waals surface area contributed by atoms with E-state index >= 15 is 0 Å². The molecule has 2 aliphatic heterocycles. The normalized spacial score (nSPS) is 21.2. The second-order valence-corrected chi connectivity index (χ2v) is 5.56. The third-order valence-corrected chi connectivity index (χ3v) is 3.91. The zero-order valence-corrected chi connectivity index (χ0v) is 12.0. The van der Waals surface area contributed by atoms with Gasteiger partial charge in [0.05, 0.1) is 4.47 Å². The Labute approximate surface area is 119 Å². The van der Waals surface area contributed by atoms with Crippen molar-refractivity contribution in [2.24, 2.45) is 0 Å². The molecule has 0 saturated carbocycles. The number of halogens is 1. The molecule has 102 valence electrons. The van der Waals surface area contributed by atoms with E-state index in [9.17, 15) is 4.79 Å². The molecule has 1 saturated heterocycles. The summed E-state index contributed by atoms with van der Waals surface area (Å²) in [4.78, 5) is 12.2. The molecule has 1 aromatic rings. The third-order valence-electron chi connectivity index (χ3n) is 3.32. The second-order valence-electron chi connectivity index (χ2n) is 4.71. The lowest BCUT2D eigenvalue weighted by atomic mass is 10.1. The fourth-order valence-corrected chi connectivity index (χ4v) is 2.90. The third kappa shape index (κ3) is 2.69. The molecule has 0 bridgehead atoms. The number of fused-ring (bicyclic) bond motifs is 1. The van der Waals surface area contributed by atoms with E-state index in [2.05, 4.69) is 26.6 Å². The van der Waals surface area contributed by atoms with Crippen molar-refractivity contribution in [1.82, 2.24) is 10.6 Å². The molecule has 5 nitrogen and oxygen atoms in total. The van der Waals surface area contributed by atoms with Gasteiger partial charge >= 0.3 is 0 Å². The number of ether oxygens (including phenoxy) is 2. The highest BCUT2D eigenvalue weighted by Crippen LogP contribution is 2.39. The van der Waals surface area contributed by atoms with Gasteiger partial charge in [0.25, 0.3) is 5.91 Å². The zero-order chi connectivity index (χ0) is 13.2. The van der Waals surface area contributed by atoms with Crippen LogP contribution in [0.3, 0.4) is 0 Å². The predicted octanol–water partition coefficient (Wildman–Crippen LogP) is 1.66. The van der Waals surface area contributed by atoms with Crippen LogP contribution in [0.25, 0.3) is 0 Å². The van der Waals surface area contributed by atoms with E-state index in [-0.39, 0.29) is 18.7 Å². The van der Waals surface area contributed by atoms with Gasteiger partial charge in [0.1, 0.15) is 0 Å². The maximum atomic E-state index is 12.2. The Morgan fingerprint density at radius 2 is 2.32 bits per heavy atom. The summed E-state index contributed by atoms with van der Waals surface area (Å²) in [7, 11) is 0. The number of rotatable bonds is 2. The van der Waals surface area contributed by atoms with Gasteiger partial charge in [-0.3, -0.25) is 4.79 Å². The number of piperidine rings is 1. The van der Waals surface area contributed by atoms with Gasteiger partial charge in [0.15, 0.2) is 11.5 Å². The van der Waals surface area contributed by atoms with Crippen LogP contribution in [-0.4, -0.2) is 31.8 Å². The van der Waals surface area contributed by atoms with Crippen molar-refractivity contribution >= 4 is 21.8 Å². The largest absolute Gasteiger partial charge is 0.454 e. The van der Waals surface area contributed by atoms with E-state index in [0.29, 0.717) is 17.1 Å². The molecule has 1 amide bonds. The Morgan fingerprint density at radius 3 is 3.11 bits per heavy atom. The first kappa shape index (κ1) is 12.7. The van der Waals surface area contributed by atoms with Crippen molar-refractivity contribution in [2.45, 2.75) is 18.9 Å². The van der Waals surface area contributed by atoms with Crippen molar-refractivity contribution < 1.29 is 14.3 Å². The highest BCUT2D eigenvalue weighted by atomic mass is 79.9. The first-order valence-corrected chi connectivity index (χ1v) is 7.14. The number of hydrogen-bond acceptors (Lipinski definition) is 4. The van der Waals surface area contributed by atoms with Crippen molar-refractivity contribution in [3.63, 3.8) is 0 Å². The van der Waals surface area contributed by atoms with E-state index in [1.54, 1.807) is 12.1 Å². The summed E-state index contributed by atoms with van der Waals surface area (Å²) in [5, 5.41) is 6.31. The molecule has 0 aliphatic carbocycles. The lowest BCUT2D eigenvalue weighted by Crippen LogP contribution is -2.45. The van der Waals surface area contributed by atoms with Crippen LogP contribution in [0.2, 0.25) is 0 Å². The summed E-state index contributed by atoms with van der Waals surface area (Å²) in [6, 6.07) is 3.68. The quantitative estimate of drug-likeness (QED) is 0.867. The maximum Gasteiger partial charge on any atom is 0.251 e. The summed E-state index contributed by atoms with van der Waals surface area (Å²) in [6.07, 6.45) is 2.11. The van der Waals surface area contributed by atoms with Crippen LogP contribution in [0.1, 0.15) is 23.2 Å². The molecular formula is C13H15BrN2O3. The fourth-order valence-electron chi connectivity index (χ4n) is 2.34. The molecule has 19 heavy (non-hydrogen) atoms. The highest BCUT2D eigenvalue weighted by Gasteiger charge is 2.22. The minimum atomic E-state index is -0.0762. The Kier molecular flexibility index (Phi) is 3.61. The van der Waals surface area contributed by atoms with E-state index in [0.717, 1.165) is 30.4 Å². The maximum absolute atomic E-state index is 12.2. The lowest BCUT2D eigenvalue weighted by Gasteiger charge is -2.23. The number of benzene rings is 1. The minimum absolute atomic E-state index is 0.0762. The van der Waals surface area contributed by atoms with Gasteiger partial charge in [-0.1, -0.05) is 0 Å². The summed E-state index contributed by atoms with van der Waals surface area (Å²) < 4.78 is 11.4. The van der Waals surface area contributed by atoms with E-state index in [1.807, 2.05) is 0 Å². The zero-order valence-electron chi connectivity index (χ0n) is 10.4. The van der Waals surface area contributed by atoms with Crippen molar-refractivity contribution in [3.05, 3.63) is 22.2 Å². The van der Waals surface area contributed by atoms with Crippen LogP contribution >= 0.6 is 15.9 Å². The fraction of sp³-hybridized carbons (Fsp3) is 0.462. The standard InChI is InChI=1S/C13H15BrN2O3/c14-10-4-8(5-11-12(10)19-7-18-11)13(17)16-9-2-1-3-15-6-9/h4-5,9,15H,1-3,6-7H2,(H,16,17)/t9-/m0/s1. The second kappa shape index (κ2) is 5.38. The molecule has 6 heteroatoms. The Hall–Kier alpha value is -1.27. The van der Waals surface area contributed by atoms with Crippen LogP contribution in [0.4, 0.5) is 0 Å². The first-order chi connectivity index (χ1) is 9.24. The van der Waals surface area contributed by atoms with Gasteiger partial charge in [-0.05, 0) is 47.4 Å². The molecule has 0 unspecified atom stereocenters. The van der Waals surface area contributed by atoms with Gasteiger partial charge in [-0.15, -0.1) is 0 Å². The van der Waals surface area contributed by atoms with Crippen molar-refractivity contribution in [2.75, 3.05) is 19.9 Å². The number of hydrogen-bond donors (Lipinski definition) is 2. The monoisotopic (exact) mass is 326 g/mol. The van der Waals surface area contributed by atoms with Gasteiger partial charge in [-0.2, -0.15) is 0 Å². The molecule has 2 N–H and O–H groups in total. The molecular weight excluding hydrogens is 312 g/mol.